The lowest BCUT2D eigenvalue weighted by atomic mass is 10.0. The van der Waals surface area contributed by atoms with Crippen molar-refractivity contribution in [1.82, 2.24) is 0 Å². The van der Waals surface area contributed by atoms with Crippen molar-refractivity contribution in [2.45, 2.75) is 0 Å². The van der Waals surface area contributed by atoms with Gasteiger partial charge in [-0.15, -0.1) is 11.3 Å². The Bertz CT molecular complexity index is 943. The topological polar surface area (TPSA) is 68.5 Å². The predicted octanol–water partition coefficient (Wildman–Crippen LogP) is 5.21. The standard InChI is InChI=1S/C19H14BrNO4S/c1-24-19(23)17-15(12-4-6-13(20)7-5-12)11-26-18(17)21-16(22)9-8-14-3-2-10-25-14/h2-11H,1H3,(H,21,22). The molecule has 0 aliphatic rings. The maximum Gasteiger partial charge on any atom is 0.341 e. The van der Waals surface area contributed by atoms with Crippen LogP contribution < -0.4 is 5.32 Å². The minimum absolute atomic E-state index is 0.333. The van der Waals surface area contributed by atoms with Gasteiger partial charge in [-0.25, -0.2) is 4.79 Å². The Hall–Kier alpha value is -2.64. The molecule has 132 valence electrons. The largest absolute Gasteiger partial charge is 0.465 e. The molecule has 2 aromatic heterocycles. The molecule has 3 aromatic rings. The van der Waals surface area contributed by atoms with E-state index in [9.17, 15) is 9.59 Å². The van der Waals surface area contributed by atoms with Gasteiger partial charge >= 0.3 is 5.97 Å². The Morgan fingerprint density at radius 2 is 2.00 bits per heavy atom. The van der Waals surface area contributed by atoms with Crippen LogP contribution in [0.1, 0.15) is 16.1 Å². The first-order valence-electron chi connectivity index (χ1n) is 7.57. The number of rotatable bonds is 5. The SMILES string of the molecule is COC(=O)c1c(-c2ccc(Br)cc2)csc1NC(=O)C=Cc1ccco1. The number of ether oxygens (including phenoxy) is 1. The van der Waals surface area contributed by atoms with Crippen LogP contribution in [0.2, 0.25) is 0 Å². The van der Waals surface area contributed by atoms with Gasteiger partial charge in [0.05, 0.1) is 13.4 Å². The highest BCUT2D eigenvalue weighted by Gasteiger charge is 2.21. The zero-order valence-corrected chi connectivity index (χ0v) is 16.1. The number of amides is 1. The molecule has 26 heavy (non-hydrogen) atoms. The molecule has 1 aromatic carbocycles. The van der Waals surface area contributed by atoms with E-state index in [4.69, 9.17) is 9.15 Å². The molecule has 0 aliphatic carbocycles. The quantitative estimate of drug-likeness (QED) is 0.444. The summed E-state index contributed by atoms with van der Waals surface area (Å²) in [5.74, 6) is -0.305. The Kier molecular flexibility index (Phi) is 5.70. The fourth-order valence-electron chi connectivity index (χ4n) is 2.29. The smallest absolute Gasteiger partial charge is 0.341 e. The van der Waals surface area contributed by atoms with E-state index in [0.29, 0.717) is 21.9 Å². The number of furan rings is 1. The van der Waals surface area contributed by atoms with E-state index in [1.807, 2.05) is 29.6 Å². The number of thiophene rings is 1. The fourth-order valence-corrected chi connectivity index (χ4v) is 3.52. The fraction of sp³-hybridized carbons (Fsp3) is 0.0526. The molecule has 5 nitrogen and oxygen atoms in total. The van der Waals surface area contributed by atoms with Gasteiger partial charge in [0.2, 0.25) is 5.91 Å². The normalized spacial score (nSPS) is 10.8. The first-order chi connectivity index (χ1) is 12.6. The molecular formula is C19H14BrNO4S. The van der Waals surface area contributed by atoms with Crippen molar-refractivity contribution in [3.63, 3.8) is 0 Å². The van der Waals surface area contributed by atoms with Crippen LogP contribution in [0.25, 0.3) is 17.2 Å². The van der Waals surface area contributed by atoms with Crippen LogP contribution in [0.3, 0.4) is 0 Å². The summed E-state index contributed by atoms with van der Waals surface area (Å²) in [6.45, 7) is 0. The number of hydrogen-bond acceptors (Lipinski definition) is 5. The molecule has 7 heteroatoms. The van der Waals surface area contributed by atoms with Gasteiger partial charge in [0, 0.05) is 21.5 Å². The third kappa shape index (κ3) is 4.12. The summed E-state index contributed by atoms with van der Waals surface area (Å²) >= 11 is 4.66. The number of anilines is 1. The zero-order chi connectivity index (χ0) is 18.5. The van der Waals surface area contributed by atoms with Crippen LogP contribution >= 0.6 is 27.3 Å². The molecule has 1 N–H and O–H groups in total. The van der Waals surface area contributed by atoms with Crippen molar-refractivity contribution in [2.75, 3.05) is 12.4 Å². The van der Waals surface area contributed by atoms with Crippen molar-refractivity contribution in [3.8, 4) is 11.1 Å². The summed E-state index contributed by atoms with van der Waals surface area (Å²) in [7, 11) is 1.31. The lowest BCUT2D eigenvalue weighted by Gasteiger charge is -2.06. The average Bonchev–Trinajstić information content (AvgIpc) is 3.30. The van der Waals surface area contributed by atoms with Crippen LogP contribution in [0.5, 0.6) is 0 Å². The summed E-state index contributed by atoms with van der Waals surface area (Å²) in [4.78, 5) is 24.4. The van der Waals surface area contributed by atoms with Gasteiger partial charge in [-0.2, -0.15) is 0 Å². The summed E-state index contributed by atoms with van der Waals surface area (Å²) in [5, 5.41) is 4.99. The first-order valence-corrected chi connectivity index (χ1v) is 9.24. The monoisotopic (exact) mass is 431 g/mol. The molecule has 0 aliphatic heterocycles. The summed E-state index contributed by atoms with van der Waals surface area (Å²) < 4.78 is 11.0. The van der Waals surface area contributed by atoms with Crippen LogP contribution in [0, 0.1) is 0 Å². The Morgan fingerprint density at radius 1 is 1.23 bits per heavy atom. The molecule has 0 fully saturated rings. The third-order valence-corrected chi connectivity index (χ3v) is 4.94. The number of hydrogen-bond donors (Lipinski definition) is 1. The van der Waals surface area contributed by atoms with E-state index in [1.165, 1.54) is 30.8 Å². The highest BCUT2D eigenvalue weighted by atomic mass is 79.9. The molecule has 0 spiro atoms. The predicted molar refractivity (Wildman–Crippen MR) is 105 cm³/mol. The van der Waals surface area contributed by atoms with Crippen LogP contribution in [-0.4, -0.2) is 19.0 Å². The molecule has 3 rings (SSSR count). The molecule has 0 atom stereocenters. The second-order valence-electron chi connectivity index (χ2n) is 5.19. The van der Waals surface area contributed by atoms with Gasteiger partial charge in [0.15, 0.2) is 0 Å². The number of carbonyl (C=O) groups excluding carboxylic acids is 2. The zero-order valence-electron chi connectivity index (χ0n) is 13.7. The first kappa shape index (κ1) is 18.2. The van der Waals surface area contributed by atoms with Crippen molar-refractivity contribution in [1.29, 1.82) is 0 Å². The van der Waals surface area contributed by atoms with Gasteiger partial charge in [-0.1, -0.05) is 28.1 Å². The number of halogens is 1. The van der Waals surface area contributed by atoms with E-state index >= 15 is 0 Å². The lowest BCUT2D eigenvalue weighted by Crippen LogP contribution is -2.11. The number of benzene rings is 1. The maximum absolute atomic E-state index is 12.3. The highest BCUT2D eigenvalue weighted by Crippen LogP contribution is 2.36. The summed E-state index contributed by atoms with van der Waals surface area (Å²) in [5.41, 5.74) is 1.90. The lowest BCUT2D eigenvalue weighted by molar-refractivity contribution is -0.111. The second kappa shape index (κ2) is 8.16. The summed E-state index contributed by atoms with van der Waals surface area (Å²) in [6, 6.07) is 11.0. The van der Waals surface area contributed by atoms with E-state index in [-0.39, 0.29) is 5.91 Å². The van der Waals surface area contributed by atoms with E-state index in [1.54, 1.807) is 18.2 Å². The molecule has 0 bridgehead atoms. The van der Waals surface area contributed by atoms with Gasteiger partial charge in [0.25, 0.3) is 0 Å². The van der Waals surface area contributed by atoms with E-state index < -0.39 is 5.97 Å². The second-order valence-corrected chi connectivity index (χ2v) is 6.99. The van der Waals surface area contributed by atoms with E-state index in [0.717, 1.165) is 10.0 Å². The molecule has 1 amide bonds. The highest BCUT2D eigenvalue weighted by molar-refractivity contribution is 9.10. The molecule has 0 unspecified atom stereocenters. The Balaban J connectivity index is 1.88. The maximum atomic E-state index is 12.3. The van der Waals surface area contributed by atoms with Crippen LogP contribution in [0.4, 0.5) is 5.00 Å². The van der Waals surface area contributed by atoms with Gasteiger partial charge in [0.1, 0.15) is 16.3 Å². The van der Waals surface area contributed by atoms with Crippen molar-refractivity contribution in [2.24, 2.45) is 0 Å². The minimum Gasteiger partial charge on any atom is -0.465 e. The van der Waals surface area contributed by atoms with Gasteiger partial charge in [-0.05, 0) is 35.9 Å². The van der Waals surface area contributed by atoms with Crippen LogP contribution in [-0.2, 0) is 9.53 Å². The molecule has 0 saturated carbocycles. The van der Waals surface area contributed by atoms with E-state index in [2.05, 4.69) is 21.2 Å². The van der Waals surface area contributed by atoms with Crippen molar-refractivity contribution >= 4 is 50.2 Å². The van der Waals surface area contributed by atoms with Gasteiger partial charge in [-0.3, -0.25) is 4.79 Å². The Labute approximate surface area is 162 Å². The molecule has 2 heterocycles. The third-order valence-electron chi connectivity index (χ3n) is 3.51. The molecular weight excluding hydrogens is 418 g/mol. The van der Waals surface area contributed by atoms with Crippen molar-refractivity contribution in [3.05, 3.63) is 69.9 Å². The average molecular weight is 432 g/mol. The number of carbonyl (C=O) groups is 2. The molecule has 0 saturated heterocycles. The van der Waals surface area contributed by atoms with Crippen LogP contribution in [0.15, 0.2) is 63.0 Å². The van der Waals surface area contributed by atoms with Gasteiger partial charge < -0.3 is 14.5 Å². The number of esters is 1. The number of nitrogens with one attached hydrogen (secondary N) is 1. The van der Waals surface area contributed by atoms with Crippen molar-refractivity contribution < 1.29 is 18.7 Å². The Morgan fingerprint density at radius 3 is 2.65 bits per heavy atom. The number of methoxy groups -OCH3 is 1. The minimum atomic E-state index is -0.505. The summed E-state index contributed by atoms with van der Waals surface area (Å²) in [6.07, 6.45) is 4.42. The molecule has 0 radical (unpaired) electrons.